The van der Waals surface area contributed by atoms with Gasteiger partial charge in [0.05, 0.1) is 11.5 Å². The molecular formula is C11H15N7O2. The first-order chi connectivity index (χ1) is 9.58. The molecule has 0 atom stereocenters. The van der Waals surface area contributed by atoms with Gasteiger partial charge in [-0.25, -0.2) is 4.68 Å². The van der Waals surface area contributed by atoms with E-state index in [-0.39, 0.29) is 5.69 Å². The van der Waals surface area contributed by atoms with Crippen molar-refractivity contribution in [1.29, 1.82) is 0 Å². The topological polar surface area (TPSA) is 104 Å². The molecule has 0 spiro atoms. The van der Waals surface area contributed by atoms with Crippen molar-refractivity contribution < 1.29 is 4.92 Å². The molecule has 106 valence electrons. The average Bonchev–Trinajstić information content (AvgIpc) is 3.04. The zero-order valence-corrected chi connectivity index (χ0v) is 11.3. The molecule has 2 aromatic rings. The number of aromatic nitrogens is 5. The van der Waals surface area contributed by atoms with Gasteiger partial charge >= 0.3 is 5.69 Å². The van der Waals surface area contributed by atoms with Crippen molar-refractivity contribution in [2.45, 2.75) is 32.4 Å². The van der Waals surface area contributed by atoms with Gasteiger partial charge < -0.3 is 9.88 Å². The predicted octanol–water partition coefficient (Wildman–Crippen LogP) is 1.18. The lowest BCUT2D eigenvalue weighted by atomic mass is 10.4. The van der Waals surface area contributed by atoms with E-state index in [9.17, 15) is 10.1 Å². The van der Waals surface area contributed by atoms with E-state index in [0.717, 1.165) is 18.7 Å². The molecule has 0 amide bonds. The molecule has 2 heterocycles. The zero-order chi connectivity index (χ0) is 14.3. The summed E-state index contributed by atoms with van der Waals surface area (Å²) in [7, 11) is 1.67. The fraction of sp³-hybridized carbons (Fsp3) is 0.545. The average molecular weight is 277 g/mol. The van der Waals surface area contributed by atoms with Crippen LogP contribution in [0.25, 0.3) is 0 Å². The Hall–Kier alpha value is -2.45. The fourth-order valence-electron chi connectivity index (χ4n) is 2.28. The molecule has 9 nitrogen and oxygen atoms in total. The first-order valence-electron chi connectivity index (χ1n) is 6.38. The summed E-state index contributed by atoms with van der Waals surface area (Å²) in [5, 5.41) is 26.1. The van der Waals surface area contributed by atoms with Crippen LogP contribution in [-0.2, 0) is 13.6 Å². The summed E-state index contributed by atoms with van der Waals surface area (Å²) < 4.78 is 3.49. The smallest absolute Gasteiger partial charge is 0.333 e. The molecule has 0 aliphatic heterocycles. The van der Waals surface area contributed by atoms with Crippen molar-refractivity contribution in [3.8, 4) is 0 Å². The lowest BCUT2D eigenvalue weighted by Crippen LogP contribution is -2.11. The van der Waals surface area contributed by atoms with E-state index < -0.39 is 4.92 Å². The second-order valence-corrected chi connectivity index (χ2v) is 4.90. The maximum Gasteiger partial charge on any atom is 0.333 e. The van der Waals surface area contributed by atoms with E-state index in [1.807, 2.05) is 4.57 Å². The van der Waals surface area contributed by atoms with E-state index in [2.05, 4.69) is 20.6 Å². The summed E-state index contributed by atoms with van der Waals surface area (Å²) in [5.41, 5.74) is 0.397. The van der Waals surface area contributed by atoms with E-state index in [4.69, 9.17) is 0 Å². The predicted molar refractivity (Wildman–Crippen MR) is 70.2 cm³/mol. The third kappa shape index (κ3) is 2.10. The summed E-state index contributed by atoms with van der Waals surface area (Å²) in [5.74, 6) is 1.17. The van der Waals surface area contributed by atoms with Gasteiger partial charge in [0, 0.05) is 13.1 Å². The van der Waals surface area contributed by atoms with Gasteiger partial charge in [0.1, 0.15) is 12.0 Å². The largest absolute Gasteiger partial charge is 0.357 e. The standard InChI is InChI=1S/C11H15N7O2/c1-7-10(18(19)20)11(16(2)15-7)12-5-9-14-13-6-17(9)8-3-4-8/h6,8,12H,3-5H2,1-2H3. The summed E-state index contributed by atoms with van der Waals surface area (Å²) >= 11 is 0. The maximum atomic E-state index is 11.1. The molecule has 1 saturated carbocycles. The van der Waals surface area contributed by atoms with Gasteiger partial charge in [-0.05, 0) is 19.8 Å². The monoisotopic (exact) mass is 277 g/mol. The molecule has 0 unspecified atom stereocenters. The highest BCUT2D eigenvalue weighted by Crippen LogP contribution is 2.35. The number of hydrogen-bond acceptors (Lipinski definition) is 6. The lowest BCUT2D eigenvalue weighted by Gasteiger charge is -2.07. The van der Waals surface area contributed by atoms with Gasteiger partial charge in [0.2, 0.25) is 5.82 Å². The number of hydrogen-bond donors (Lipinski definition) is 1. The second kappa shape index (κ2) is 4.58. The van der Waals surface area contributed by atoms with Crippen LogP contribution in [0.3, 0.4) is 0 Å². The Morgan fingerprint density at radius 3 is 2.95 bits per heavy atom. The van der Waals surface area contributed by atoms with Gasteiger partial charge in [-0.2, -0.15) is 5.10 Å². The van der Waals surface area contributed by atoms with Crippen molar-refractivity contribution in [1.82, 2.24) is 24.5 Å². The number of nitrogens with one attached hydrogen (secondary N) is 1. The molecule has 1 aliphatic rings. The van der Waals surface area contributed by atoms with E-state index in [1.165, 1.54) is 4.68 Å². The normalized spacial score (nSPS) is 14.5. The van der Waals surface area contributed by atoms with Crippen molar-refractivity contribution in [3.63, 3.8) is 0 Å². The van der Waals surface area contributed by atoms with Gasteiger partial charge in [0.15, 0.2) is 5.82 Å². The fourth-order valence-corrected chi connectivity index (χ4v) is 2.28. The molecule has 0 aromatic carbocycles. The Bertz CT molecular complexity index is 656. The van der Waals surface area contributed by atoms with E-state index >= 15 is 0 Å². The van der Waals surface area contributed by atoms with Crippen molar-refractivity contribution in [2.24, 2.45) is 7.05 Å². The highest BCUT2D eigenvalue weighted by Gasteiger charge is 2.27. The van der Waals surface area contributed by atoms with Crippen LogP contribution in [0.1, 0.15) is 30.4 Å². The lowest BCUT2D eigenvalue weighted by molar-refractivity contribution is -0.384. The third-order valence-corrected chi connectivity index (χ3v) is 3.37. The third-order valence-electron chi connectivity index (χ3n) is 3.37. The molecule has 0 radical (unpaired) electrons. The van der Waals surface area contributed by atoms with Crippen LogP contribution in [0.4, 0.5) is 11.5 Å². The van der Waals surface area contributed by atoms with Crippen molar-refractivity contribution in [2.75, 3.05) is 5.32 Å². The van der Waals surface area contributed by atoms with Crippen LogP contribution in [0.2, 0.25) is 0 Å². The molecule has 2 aromatic heterocycles. The quantitative estimate of drug-likeness (QED) is 0.650. The Morgan fingerprint density at radius 1 is 1.55 bits per heavy atom. The van der Waals surface area contributed by atoms with Gasteiger partial charge in [-0.1, -0.05) is 0 Å². The van der Waals surface area contributed by atoms with Crippen LogP contribution < -0.4 is 5.32 Å². The Morgan fingerprint density at radius 2 is 2.30 bits per heavy atom. The van der Waals surface area contributed by atoms with E-state index in [0.29, 0.717) is 24.1 Å². The first-order valence-corrected chi connectivity index (χ1v) is 6.38. The Kier molecular flexibility index (Phi) is 2.88. The van der Waals surface area contributed by atoms with Crippen LogP contribution in [0, 0.1) is 17.0 Å². The Labute approximate surface area is 114 Å². The summed E-state index contributed by atoms with van der Waals surface area (Å²) in [6.45, 7) is 2.01. The van der Waals surface area contributed by atoms with Crippen LogP contribution in [0.5, 0.6) is 0 Å². The minimum Gasteiger partial charge on any atom is -0.357 e. The SMILES string of the molecule is Cc1nn(C)c(NCc2nncn2C2CC2)c1[N+](=O)[O-]. The first kappa shape index (κ1) is 12.6. The van der Waals surface area contributed by atoms with Crippen molar-refractivity contribution >= 4 is 11.5 Å². The van der Waals surface area contributed by atoms with E-state index in [1.54, 1.807) is 20.3 Å². The molecule has 1 N–H and O–H groups in total. The summed E-state index contributed by atoms with van der Waals surface area (Å²) in [6.07, 6.45) is 3.98. The number of nitrogens with zero attached hydrogens (tertiary/aromatic N) is 6. The molecule has 1 fully saturated rings. The Balaban J connectivity index is 1.81. The summed E-state index contributed by atoms with van der Waals surface area (Å²) in [6, 6.07) is 0.477. The minimum atomic E-state index is -0.420. The van der Waals surface area contributed by atoms with Crippen LogP contribution in [0.15, 0.2) is 6.33 Å². The summed E-state index contributed by atoms with van der Waals surface area (Å²) in [4.78, 5) is 10.7. The minimum absolute atomic E-state index is 0.00462. The molecule has 0 bridgehead atoms. The maximum absolute atomic E-state index is 11.1. The molecule has 9 heteroatoms. The number of aryl methyl sites for hydroxylation is 2. The molecular weight excluding hydrogens is 262 g/mol. The molecule has 0 saturated heterocycles. The van der Waals surface area contributed by atoms with Crippen LogP contribution in [-0.4, -0.2) is 29.5 Å². The zero-order valence-electron chi connectivity index (χ0n) is 11.3. The number of anilines is 1. The highest BCUT2D eigenvalue weighted by atomic mass is 16.6. The number of rotatable bonds is 5. The number of nitro groups is 1. The van der Waals surface area contributed by atoms with Gasteiger partial charge in [0.25, 0.3) is 0 Å². The van der Waals surface area contributed by atoms with Gasteiger partial charge in [-0.15, -0.1) is 10.2 Å². The van der Waals surface area contributed by atoms with Gasteiger partial charge in [-0.3, -0.25) is 10.1 Å². The molecule has 20 heavy (non-hydrogen) atoms. The molecule has 1 aliphatic carbocycles. The second-order valence-electron chi connectivity index (χ2n) is 4.90. The highest BCUT2D eigenvalue weighted by molar-refractivity contribution is 5.59. The molecule has 3 rings (SSSR count). The van der Waals surface area contributed by atoms with Crippen molar-refractivity contribution in [3.05, 3.63) is 28.0 Å². The van der Waals surface area contributed by atoms with Crippen LogP contribution >= 0.6 is 0 Å².